The van der Waals surface area contributed by atoms with Crippen LogP contribution in [0.15, 0.2) is 10.7 Å². The van der Waals surface area contributed by atoms with Gasteiger partial charge in [-0.2, -0.15) is 18.2 Å². The van der Waals surface area contributed by atoms with Crippen LogP contribution < -0.4 is 4.90 Å². The summed E-state index contributed by atoms with van der Waals surface area (Å²) in [5, 5.41) is 0. The van der Waals surface area contributed by atoms with Gasteiger partial charge in [-0.3, -0.25) is 4.90 Å². The monoisotopic (exact) mass is 263 g/mol. The van der Waals surface area contributed by atoms with Crippen LogP contribution >= 0.6 is 0 Å². The molecular formula is C11H16F3N3O. The third-order valence-electron chi connectivity index (χ3n) is 3.10. The smallest absolute Gasteiger partial charge is 0.431 e. The zero-order valence-electron chi connectivity index (χ0n) is 10.4. The average Bonchev–Trinajstić information content (AvgIpc) is 2.78. The normalized spacial score (nSPS) is 18.7. The fraction of sp³-hybridized carbons (Fsp3) is 0.727. The summed E-state index contributed by atoms with van der Waals surface area (Å²) in [6, 6.07) is 0.508. The Balaban J connectivity index is 2.00. The minimum absolute atomic E-state index is 0.0609. The van der Waals surface area contributed by atoms with Gasteiger partial charge >= 0.3 is 6.18 Å². The Morgan fingerprint density at radius 3 is 2.28 bits per heavy atom. The number of halogens is 3. The Morgan fingerprint density at radius 2 is 1.83 bits per heavy atom. The molecule has 18 heavy (non-hydrogen) atoms. The van der Waals surface area contributed by atoms with Gasteiger partial charge < -0.3 is 9.32 Å². The van der Waals surface area contributed by atoms with E-state index in [0.29, 0.717) is 25.4 Å². The summed E-state index contributed by atoms with van der Waals surface area (Å²) < 4.78 is 42.1. The van der Waals surface area contributed by atoms with Crippen molar-refractivity contribution < 1.29 is 17.6 Å². The van der Waals surface area contributed by atoms with Gasteiger partial charge in [-0.1, -0.05) is 0 Å². The van der Waals surface area contributed by atoms with Crippen LogP contribution in [-0.4, -0.2) is 42.1 Å². The molecular weight excluding hydrogens is 247 g/mol. The van der Waals surface area contributed by atoms with E-state index in [1.54, 1.807) is 4.90 Å². The van der Waals surface area contributed by atoms with Crippen molar-refractivity contribution in [3.8, 4) is 0 Å². The highest BCUT2D eigenvalue weighted by Gasteiger charge is 2.35. The maximum atomic E-state index is 12.4. The predicted molar refractivity (Wildman–Crippen MR) is 60.4 cm³/mol. The van der Waals surface area contributed by atoms with Gasteiger partial charge in [0.25, 0.3) is 6.01 Å². The van der Waals surface area contributed by atoms with Gasteiger partial charge in [0.2, 0.25) is 0 Å². The van der Waals surface area contributed by atoms with Gasteiger partial charge in [-0.25, -0.2) is 0 Å². The lowest BCUT2D eigenvalue weighted by Gasteiger charge is -2.36. The van der Waals surface area contributed by atoms with Crippen LogP contribution in [0.3, 0.4) is 0 Å². The molecule has 102 valence electrons. The van der Waals surface area contributed by atoms with Crippen molar-refractivity contribution in [2.24, 2.45) is 0 Å². The molecule has 0 unspecified atom stereocenters. The largest absolute Gasteiger partial charge is 0.436 e. The molecule has 1 fully saturated rings. The Bertz CT molecular complexity index is 394. The van der Waals surface area contributed by atoms with Crippen molar-refractivity contribution in [3.63, 3.8) is 0 Å². The fourth-order valence-electron chi connectivity index (χ4n) is 1.97. The number of nitrogens with zero attached hydrogens (tertiary/aromatic N) is 3. The van der Waals surface area contributed by atoms with Gasteiger partial charge in [-0.15, -0.1) is 0 Å². The van der Waals surface area contributed by atoms with Crippen LogP contribution in [0.5, 0.6) is 0 Å². The van der Waals surface area contributed by atoms with E-state index in [1.165, 1.54) is 0 Å². The summed E-state index contributed by atoms with van der Waals surface area (Å²) in [6.45, 7) is 7.08. The van der Waals surface area contributed by atoms with Crippen molar-refractivity contribution in [3.05, 3.63) is 12.0 Å². The lowest BCUT2D eigenvalue weighted by atomic mass is 10.2. The summed E-state index contributed by atoms with van der Waals surface area (Å²) in [6.07, 6.45) is -3.77. The summed E-state index contributed by atoms with van der Waals surface area (Å²) in [4.78, 5) is 7.50. The van der Waals surface area contributed by atoms with Crippen LogP contribution in [0, 0.1) is 0 Å². The Kier molecular flexibility index (Phi) is 3.52. The standard InChI is InChI=1S/C11H16F3N3O/c1-8(2)16-3-5-17(6-4-16)10-15-9(7-18-10)11(12,13)14/h7-8H,3-6H2,1-2H3. The first kappa shape index (κ1) is 13.2. The second-order valence-corrected chi connectivity index (χ2v) is 4.63. The van der Waals surface area contributed by atoms with E-state index in [4.69, 9.17) is 4.42 Å². The molecule has 0 saturated carbocycles. The zero-order chi connectivity index (χ0) is 13.3. The second kappa shape index (κ2) is 4.79. The molecule has 0 aliphatic carbocycles. The number of aromatic nitrogens is 1. The predicted octanol–water partition coefficient (Wildman–Crippen LogP) is 2.22. The molecule has 4 nitrogen and oxygen atoms in total. The Morgan fingerprint density at radius 1 is 1.22 bits per heavy atom. The molecule has 0 atom stereocenters. The third kappa shape index (κ3) is 2.77. The first-order valence-corrected chi connectivity index (χ1v) is 5.89. The molecule has 2 rings (SSSR count). The summed E-state index contributed by atoms with van der Waals surface area (Å²) >= 11 is 0. The van der Waals surface area contributed by atoms with E-state index < -0.39 is 11.9 Å². The van der Waals surface area contributed by atoms with Crippen LogP contribution in [-0.2, 0) is 6.18 Å². The van der Waals surface area contributed by atoms with E-state index in [9.17, 15) is 13.2 Å². The molecule has 0 aromatic carbocycles. The SMILES string of the molecule is CC(C)N1CCN(c2nc(C(F)(F)F)co2)CC1. The molecule has 1 aromatic heterocycles. The van der Waals surface area contributed by atoms with Gasteiger partial charge in [0, 0.05) is 32.2 Å². The molecule has 1 saturated heterocycles. The van der Waals surface area contributed by atoms with Crippen LogP contribution in [0.25, 0.3) is 0 Å². The topological polar surface area (TPSA) is 32.5 Å². The molecule has 0 spiro atoms. The van der Waals surface area contributed by atoms with Crippen LogP contribution in [0.1, 0.15) is 19.5 Å². The quantitative estimate of drug-likeness (QED) is 0.819. The number of oxazole rings is 1. The molecule has 0 N–H and O–H groups in total. The van der Waals surface area contributed by atoms with Gasteiger partial charge in [0.1, 0.15) is 6.26 Å². The maximum Gasteiger partial charge on any atom is 0.436 e. The lowest BCUT2D eigenvalue weighted by molar-refractivity contribution is -0.141. The highest BCUT2D eigenvalue weighted by molar-refractivity contribution is 5.28. The van der Waals surface area contributed by atoms with Crippen molar-refractivity contribution in [1.82, 2.24) is 9.88 Å². The number of anilines is 1. The number of hydrogen-bond donors (Lipinski definition) is 0. The minimum Gasteiger partial charge on any atom is -0.431 e. The molecule has 1 aromatic rings. The van der Waals surface area contributed by atoms with Crippen LogP contribution in [0.2, 0.25) is 0 Å². The summed E-state index contributed by atoms with van der Waals surface area (Å²) in [7, 11) is 0. The zero-order valence-corrected chi connectivity index (χ0v) is 10.4. The number of rotatable bonds is 2. The summed E-state index contributed by atoms with van der Waals surface area (Å²) in [5.41, 5.74) is -0.969. The van der Waals surface area contributed by atoms with Gasteiger partial charge in [0.05, 0.1) is 0 Å². The van der Waals surface area contributed by atoms with E-state index in [-0.39, 0.29) is 6.01 Å². The van der Waals surface area contributed by atoms with E-state index in [0.717, 1.165) is 13.1 Å². The number of alkyl halides is 3. The first-order chi connectivity index (χ1) is 8.38. The highest BCUT2D eigenvalue weighted by atomic mass is 19.4. The van der Waals surface area contributed by atoms with E-state index in [1.807, 2.05) is 0 Å². The highest BCUT2D eigenvalue weighted by Crippen LogP contribution is 2.30. The van der Waals surface area contributed by atoms with E-state index >= 15 is 0 Å². The molecule has 1 aliphatic rings. The maximum absolute atomic E-state index is 12.4. The van der Waals surface area contributed by atoms with Crippen molar-refractivity contribution in [1.29, 1.82) is 0 Å². The Hall–Kier alpha value is -1.24. The minimum atomic E-state index is -4.44. The molecule has 0 amide bonds. The molecule has 1 aliphatic heterocycles. The molecule has 0 bridgehead atoms. The molecule has 7 heteroatoms. The number of piperazine rings is 1. The van der Waals surface area contributed by atoms with Crippen molar-refractivity contribution >= 4 is 6.01 Å². The number of hydrogen-bond acceptors (Lipinski definition) is 4. The van der Waals surface area contributed by atoms with Crippen molar-refractivity contribution in [2.45, 2.75) is 26.1 Å². The van der Waals surface area contributed by atoms with Crippen LogP contribution in [0.4, 0.5) is 19.2 Å². The van der Waals surface area contributed by atoms with Gasteiger partial charge in [-0.05, 0) is 13.8 Å². The third-order valence-corrected chi connectivity index (χ3v) is 3.10. The second-order valence-electron chi connectivity index (χ2n) is 4.63. The van der Waals surface area contributed by atoms with Gasteiger partial charge in [0.15, 0.2) is 5.69 Å². The van der Waals surface area contributed by atoms with E-state index in [2.05, 4.69) is 23.7 Å². The van der Waals surface area contributed by atoms with Crippen molar-refractivity contribution in [2.75, 3.05) is 31.1 Å². The molecule has 0 radical (unpaired) electrons. The first-order valence-electron chi connectivity index (χ1n) is 5.89. The average molecular weight is 263 g/mol. The summed E-state index contributed by atoms with van der Waals surface area (Å²) in [5.74, 6) is 0. The Labute approximate surface area is 103 Å². The fourth-order valence-corrected chi connectivity index (χ4v) is 1.97. The molecule has 2 heterocycles. The lowest BCUT2D eigenvalue weighted by Crippen LogP contribution is -2.49.